The molecule has 0 unspecified atom stereocenters. The van der Waals surface area contributed by atoms with Gasteiger partial charge in [0.15, 0.2) is 0 Å². The predicted molar refractivity (Wildman–Crippen MR) is 115 cm³/mol. The molecule has 4 heteroatoms. The van der Waals surface area contributed by atoms with E-state index in [-0.39, 0.29) is 12.4 Å². The molecule has 0 saturated carbocycles. The van der Waals surface area contributed by atoms with Crippen LogP contribution < -0.4 is 4.74 Å². The van der Waals surface area contributed by atoms with Crippen LogP contribution in [0.15, 0.2) is 84.9 Å². The van der Waals surface area contributed by atoms with E-state index in [1.165, 1.54) is 24.3 Å². The summed E-state index contributed by atoms with van der Waals surface area (Å²) in [4.78, 5) is 0. The average Bonchev–Trinajstić information content (AvgIpc) is 2.77. The standard InChI is InChI=1S/C26H17F2NO/c27-22-11-8-18(9-12-22)17-30-26-13-10-19-4-1-2-7-24(19)25(26)15-21(16-29)20-5-3-6-23(28)14-20/h1-15H,17H2/b21-15-. The van der Waals surface area contributed by atoms with E-state index in [9.17, 15) is 14.0 Å². The molecule has 4 aromatic carbocycles. The SMILES string of the molecule is N#C/C(=C/c1c(OCc2ccc(F)cc2)ccc2ccccc12)c1cccc(F)c1. The Morgan fingerprint density at radius 1 is 0.867 bits per heavy atom. The Balaban J connectivity index is 1.78. The van der Waals surface area contributed by atoms with Crippen molar-refractivity contribution in [1.82, 2.24) is 0 Å². The van der Waals surface area contributed by atoms with Crippen molar-refractivity contribution in [2.24, 2.45) is 0 Å². The fourth-order valence-corrected chi connectivity index (χ4v) is 3.27. The van der Waals surface area contributed by atoms with Gasteiger partial charge in [-0.3, -0.25) is 0 Å². The van der Waals surface area contributed by atoms with E-state index in [1.54, 1.807) is 30.3 Å². The van der Waals surface area contributed by atoms with Gasteiger partial charge in [-0.1, -0.05) is 54.6 Å². The lowest BCUT2D eigenvalue weighted by Gasteiger charge is -2.13. The zero-order chi connectivity index (χ0) is 20.9. The first-order chi connectivity index (χ1) is 14.6. The van der Waals surface area contributed by atoms with Gasteiger partial charge in [-0.05, 0) is 58.3 Å². The van der Waals surface area contributed by atoms with Gasteiger partial charge in [0.1, 0.15) is 24.0 Å². The maximum Gasteiger partial charge on any atom is 0.127 e. The summed E-state index contributed by atoms with van der Waals surface area (Å²) in [6, 6.07) is 25.8. The van der Waals surface area contributed by atoms with Gasteiger partial charge in [0.25, 0.3) is 0 Å². The lowest BCUT2D eigenvalue weighted by molar-refractivity contribution is 0.306. The average molecular weight is 397 g/mol. The zero-order valence-corrected chi connectivity index (χ0v) is 16.0. The van der Waals surface area contributed by atoms with Crippen molar-refractivity contribution in [3.63, 3.8) is 0 Å². The molecule has 2 nitrogen and oxygen atoms in total. The summed E-state index contributed by atoms with van der Waals surface area (Å²) in [5.74, 6) is -0.122. The first kappa shape index (κ1) is 19.4. The van der Waals surface area contributed by atoms with Crippen LogP contribution in [0.5, 0.6) is 5.75 Å². The van der Waals surface area contributed by atoms with Crippen LogP contribution in [0.4, 0.5) is 8.78 Å². The molecule has 0 N–H and O–H groups in total. The fourth-order valence-electron chi connectivity index (χ4n) is 3.27. The maximum absolute atomic E-state index is 13.7. The Bertz CT molecular complexity index is 1270. The van der Waals surface area contributed by atoms with Crippen LogP contribution in [0.25, 0.3) is 22.4 Å². The van der Waals surface area contributed by atoms with Crippen LogP contribution in [0.2, 0.25) is 0 Å². The number of allylic oxidation sites excluding steroid dienone is 1. The third-order valence-corrected chi connectivity index (χ3v) is 4.78. The summed E-state index contributed by atoms with van der Waals surface area (Å²) in [6.07, 6.45) is 1.72. The summed E-state index contributed by atoms with van der Waals surface area (Å²) in [7, 11) is 0. The summed E-state index contributed by atoms with van der Waals surface area (Å²) >= 11 is 0. The van der Waals surface area contributed by atoms with Crippen LogP contribution in [-0.2, 0) is 6.61 Å². The number of hydrogen-bond donors (Lipinski definition) is 0. The lowest BCUT2D eigenvalue weighted by Crippen LogP contribution is -1.98. The van der Waals surface area contributed by atoms with E-state index in [4.69, 9.17) is 4.74 Å². The molecule has 0 radical (unpaired) electrons. The van der Waals surface area contributed by atoms with Crippen molar-refractivity contribution >= 4 is 22.4 Å². The number of fused-ring (bicyclic) bond motifs is 1. The molecule has 0 aliphatic carbocycles. The van der Waals surface area contributed by atoms with Gasteiger partial charge in [0.05, 0.1) is 11.6 Å². The highest BCUT2D eigenvalue weighted by Gasteiger charge is 2.11. The summed E-state index contributed by atoms with van der Waals surface area (Å²) < 4.78 is 32.9. The Labute approximate surface area is 173 Å². The molecule has 4 aromatic rings. The topological polar surface area (TPSA) is 33.0 Å². The fraction of sp³-hybridized carbons (Fsp3) is 0.0385. The minimum Gasteiger partial charge on any atom is -0.488 e. The Morgan fingerprint density at radius 2 is 1.67 bits per heavy atom. The second kappa shape index (κ2) is 8.59. The number of halogens is 2. The molecule has 0 aromatic heterocycles. The molecule has 0 aliphatic heterocycles. The molecular formula is C26H17F2NO. The third-order valence-electron chi connectivity index (χ3n) is 4.78. The molecule has 0 aliphatic rings. The lowest BCUT2D eigenvalue weighted by atomic mass is 9.98. The molecule has 0 heterocycles. The number of nitrogens with zero attached hydrogens (tertiary/aromatic N) is 1. The molecular weight excluding hydrogens is 380 g/mol. The second-order valence-electron chi connectivity index (χ2n) is 6.79. The van der Waals surface area contributed by atoms with Crippen molar-refractivity contribution in [2.45, 2.75) is 6.61 Å². The van der Waals surface area contributed by atoms with Crippen LogP contribution in [0, 0.1) is 23.0 Å². The number of nitriles is 1. The highest BCUT2D eigenvalue weighted by atomic mass is 19.1. The van der Waals surface area contributed by atoms with Crippen LogP contribution in [-0.4, -0.2) is 0 Å². The number of rotatable bonds is 5. The minimum absolute atomic E-state index is 0.251. The second-order valence-corrected chi connectivity index (χ2v) is 6.79. The number of benzene rings is 4. The van der Waals surface area contributed by atoms with Crippen molar-refractivity contribution in [3.8, 4) is 11.8 Å². The quantitative estimate of drug-likeness (QED) is 0.275. The number of hydrogen-bond acceptors (Lipinski definition) is 2. The molecule has 0 amide bonds. The maximum atomic E-state index is 13.7. The van der Waals surface area contributed by atoms with Crippen molar-refractivity contribution < 1.29 is 13.5 Å². The van der Waals surface area contributed by atoms with Gasteiger partial charge in [0, 0.05) is 5.56 Å². The summed E-state index contributed by atoms with van der Waals surface area (Å²) in [6.45, 7) is 0.251. The van der Waals surface area contributed by atoms with E-state index < -0.39 is 5.82 Å². The molecule has 30 heavy (non-hydrogen) atoms. The molecule has 146 valence electrons. The Morgan fingerprint density at radius 3 is 2.43 bits per heavy atom. The van der Waals surface area contributed by atoms with Gasteiger partial charge in [0.2, 0.25) is 0 Å². The largest absolute Gasteiger partial charge is 0.488 e. The molecule has 0 spiro atoms. The highest BCUT2D eigenvalue weighted by molar-refractivity contribution is 6.00. The Kier molecular flexibility index (Phi) is 5.54. The van der Waals surface area contributed by atoms with E-state index in [0.29, 0.717) is 16.9 Å². The van der Waals surface area contributed by atoms with E-state index >= 15 is 0 Å². The summed E-state index contributed by atoms with van der Waals surface area (Å²) in [5, 5.41) is 11.6. The van der Waals surface area contributed by atoms with Gasteiger partial charge in [-0.25, -0.2) is 8.78 Å². The van der Waals surface area contributed by atoms with Crippen LogP contribution in [0.3, 0.4) is 0 Å². The zero-order valence-electron chi connectivity index (χ0n) is 16.0. The predicted octanol–water partition coefficient (Wildman–Crippen LogP) is 6.76. The Hall–Kier alpha value is -3.97. The van der Waals surface area contributed by atoms with E-state index in [0.717, 1.165) is 21.9 Å². The number of ether oxygens (including phenoxy) is 1. The van der Waals surface area contributed by atoms with Crippen molar-refractivity contribution in [3.05, 3.63) is 113 Å². The first-order valence-electron chi connectivity index (χ1n) is 9.41. The monoisotopic (exact) mass is 397 g/mol. The molecule has 0 saturated heterocycles. The summed E-state index contributed by atoms with van der Waals surface area (Å²) in [5.41, 5.74) is 2.38. The van der Waals surface area contributed by atoms with Crippen LogP contribution >= 0.6 is 0 Å². The molecule has 4 rings (SSSR count). The van der Waals surface area contributed by atoms with E-state index in [2.05, 4.69) is 6.07 Å². The van der Waals surface area contributed by atoms with Crippen molar-refractivity contribution in [1.29, 1.82) is 5.26 Å². The molecule has 0 fully saturated rings. The van der Waals surface area contributed by atoms with E-state index in [1.807, 2.05) is 36.4 Å². The first-order valence-corrected chi connectivity index (χ1v) is 9.41. The van der Waals surface area contributed by atoms with Crippen LogP contribution in [0.1, 0.15) is 16.7 Å². The highest BCUT2D eigenvalue weighted by Crippen LogP contribution is 2.32. The van der Waals surface area contributed by atoms with Crippen molar-refractivity contribution in [2.75, 3.05) is 0 Å². The minimum atomic E-state index is -0.403. The molecule has 0 bridgehead atoms. The van der Waals surface area contributed by atoms with Gasteiger partial charge < -0.3 is 4.74 Å². The van der Waals surface area contributed by atoms with Gasteiger partial charge >= 0.3 is 0 Å². The van der Waals surface area contributed by atoms with Gasteiger partial charge in [-0.2, -0.15) is 5.26 Å². The normalized spacial score (nSPS) is 11.3. The third kappa shape index (κ3) is 4.21. The van der Waals surface area contributed by atoms with Gasteiger partial charge in [-0.15, -0.1) is 0 Å². The molecule has 0 atom stereocenters. The smallest absolute Gasteiger partial charge is 0.127 e.